The number of nitrogens with zero attached hydrogens (tertiary/aromatic N) is 2. The van der Waals surface area contributed by atoms with E-state index in [1.807, 2.05) is 26.0 Å². The van der Waals surface area contributed by atoms with E-state index in [9.17, 15) is 0 Å². The van der Waals surface area contributed by atoms with E-state index in [2.05, 4.69) is 11.1 Å². The average Bonchev–Trinajstić information content (AvgIpc) is 2.39. The largest absolute Gasteiger partial charge is 0.492 e. The van der Waals surface area contributed by atoms with Crippen LogP contribution in [-0.4, -0.2) is 11.6 Å². The zero-order chi connectivity index (χ0) is 13.4. The van der Waals surface area contributed by atoms with Crippen molar-refractivity contribution >= 4 is 11.6 Å². The summed E-state index contributed by atoms with van der Waals surface area (Å²) in [5.41, 5.74) is 0.614. The molecule has 0 spiro atoms. The molecular formula is C14H19ClN2O. The number of ether oxygens (including phenoxy) is 1. The maximum absolute atomic E-state index is 8.88. The molecule has 0 saturated carbocycles. The minimum absolute atomic E-state index is 0.233. The number of nitriles is 1. The van der Waals surface area contributed by atoms with Crippen molar-refractivity contribution in [2.24, 2.45) is 5.41 Å². The normalized spacial score (nSPS) is 11.0. The summed E-state index contributed by atoms with van der Waals surface area (Å²) in [6.45, 7) is 4.58. The van der Waals surface area contributed by atoms with Gasteiger partial charge < -0.3 is 4.74 Å². The predicted octanol–water partition coefficient (Wildman–Crippen LogP) is 3.92. The third-order valence-corrected chi connectivity index (χ3v) is 2.98. The zero-order valence-corrected chi connectivity index (χ0v) is 11.7. The summed E-state index contributed by atoms with van der Waals surface area (Å²) in [6, 6.07) is 6.04. The second kappa shape index (κ2) is 7.23. The summed E-state index contributed by atoms with van der Waals surface area (Å²) in [6.07, 6.45) is 4.53. The SMILES string of the molecule is CC(C)(C#N)CCCCOc1ccc(CCl)nc1. The summed E-state index contributed by atoms with van der Waals surface area (Å²) in [5, 5.41) is 8.88. The van der Waals surface area contributed by atoms with Crippen LogP contribution in [0.3, 0.4) is 0 Å². The van der Waals surface area contributed by atoms with Gasteiger partial charge in [0.2, 0.25) is 0 Å². The maximum atomic E-state index is 8.88. The van der Waals surface area contributed by atoms with Crippen LogP contribution >= 0.6 is 11.6 Å². The van der Waals surface area contributed by atoms with Crippen molar-refractivity contribution in [1.82, 2.24) is 4.98 Å². The molecule has 1 rings (SSSR count). The Morgan fingerprint density at radius 3 is 2.72 bits per heavy atom. The Kier molecular flexibility index (Phi) is 5.94. The molecule has 98 valence electrons. The first-order chi connectivity index (χ1) is 8.57. The summed E-state index contributed by atoms with van der Waals surface area (Å²) in [4.78, 5) is 4.15. The fraction of sp³-hybridized carbons (Fsp3) is 0.571. The average molecular weight is 267 g/mol. The molecule has 0 aromatic carbocycles. The second-order valence-electron chi connectivity index (χ2n) is 4.92. The topological polar surface area (TPSA) is 45.9 Å². The Morgan fingerprint density at radius 2 is 2.17 bits per heavy atom. The summed E-state index contributed by atoms with van der Waals surface area (Å²) < 4.78 is 5.57. The molecule has 0 aliphatic rings. The van der Waals surface area contributed by atoms with Crippen molar-refractivity contribution in [2.75, 3.05) is 6.61 Å². The van der Waals surface area contributed by atoms with Crippen LogP contribution in [0.2, 0.25) is 0 Å². The van der Waals surface area contributed by atoms with Gasteiger partial charge in [-0.3, -0.25) is 4.98 Å². The van der Waals surface area contributed by atoms with Crippen LogP contribution < -0.4 is 4.74 Å². The van der Waals surface area contributed by atoms with Crippen molar-refractivity contribution in [2.45, 2.75) is 39.0 Å². The summed E-state index contributed by atoms with van der Waals surface area (Å²) >= 11 is 5.65. The van der Waals surface area contributed by atoms with Crippen LogP contribution in [0.4, 0.5) is 0 Å². The first-order valence-corrected chi connectivity index (χ1v) is 6.66. The van der Waals surface area contributed by atoms with Gasteiger partial charge in [0.1, 0.15) is 5.75 Å². The van der Waals surface area contributed by atoms with Gasteiger partial charge in [0.05, 0.1) is 35.9 Å². The van der Waals surface area contributed by atoms with Crippen molar-refractivity contribution in [3.63, 3.8) is 0 Å². The molecule has 0 bridgehead atoms. The predicted molar refractivity (Wildman–Crippen MR) is 72.5 cm³/mol. The Bertz CT molecular complexity index is 395. The quantitative estimate of drug-likeness (QED) is 0.555. The molecule has 0 aliphatic heterocycles. The van der Waals surface area contributed by atoms with Crippen LogP contribution in [0.25, 0.3) is 0 Å². The van der Waals surface area contributed by atoms with Crippen molar-refractivity contribution < 1.29 is 4.74 Å². The first kappa shape index (κ1) is 14.8. The van der Waals surface area contributed by atoms with Gasteiger partial charge in [0.25, 0.3) is 0 Å². The molecule has 0 atom stereocenters. The highest BCUT2D eigenvalue weighted by Gasteiger charge is 2.15. The van der Waals surface area contributed by atoms with Gasteiger partial charge in [-0.1, -0.05) is 0 Å². The summed E-state index contributed by atoms with van der Waals surface area (Å²) in [5.74, 6) is 1.19. The Morgan fingerprint density at radius 1 is 1.39 bits per heavy atom. The number of rotatable bonds is 7. The van der Waals surface area contributed by atoms with Gasteiger partial charge in [-0.2, -0.15) is 5.26 Å². The number of hydrogen-bond acceptors (Lipinski definition) is 3. The molecule has 0 radical (unpaired) electrons. The second-order valence-corrected chi connectivity index (χ2v) is 5.19. The molecule has 3 nitrogen and oxygen atoms in total. The van der Waals surface area contributed by atoms with Crippen LogP contribution in [0.1, 0.15) is 38.8 Å². The minimum atomic E-state index is -0.233. The molecule has 1 aromatic heterocycles. The molecule has 1 aromatic rings. The first-order valence-electron chi connectivity index (χ1n) is 6.12. The highest BCUT2D eigenvalue weighted by Crippen LogP contribution is 2.21. The van der Waals surface area contributed by atoms with Gasteiger partial charge in [-0.15, -0.1) is 11.6 Å². The molecule has 0 amide bonds. The molecule has 0 saturated heterocycles. The molecule has 0 aliphatic carbocycles. The Hall–Kier alpha value is -1.27. The lowest BCUT2D eigenvalue weighted by Crippen LogP contribution is -2.08. The maximum Gasteiger partial charge on any atom is 0.137 e. The number of aromatic nitrogens is 1. The number of hydrogen-bond donors (Lipinski definition) is 0. The van der Waals surface area contributed by atoms with Gasteiger partial charge in [-0.25, -0.2) is 0 Å². The minimum Gasteiger partial charge on any atom is -0.492 e. The summed E-state index contributed by atoms with van der Waals surface area (Å²) in [7, 11) is 0. The molecule has 0 N–H and O–H groups in total. The van der Waals surface area contributed by atoms with E-state index < -0.39 is 0 Å². The van der Waals surface area contributed by atoms with Crippen LogP contribution in [-0.2, 0) is 5.88 Å². The van der Waals surface area contributed by atoms with Gasteiger partial charge >= 0.3 is 0 Å². The lowest BCUT2D eigenvalue weighted by atomic mass is 9.89. The Labute approximate surface area is 114 Å². The van der Waals surface area contributed by atoms with E-state index in [0.29, 0.717) is 12.5 Å². The van der Waals surface area contributed by atoms with E-state index in [0.717, 1.165) is 30.7 Å². The number of alkyl halides is 1. The third kappa shape index (κ3) is 5.37. The van der Waals surface area contributed by atoms with E-state index in [-0.39, 0.29) is 5.41 Å². The van der Waals surface area contributed by atoms with Crippen LogP contribution in [0.5, 0.6) is 5.75 Å². The standard InChI is InChI=1S/C14H19ClN2O/c1-14(2,11-16)7-3-4-8-18-13-6-5-12(9-15)17-10-13/h5-6,10H,3-4,7-9H2,1-2H3. The molecule has 1 heterocycles. The highest BCUT2D eigenvalue weighted by molar-refractivity contribution is 6.16. The molecule has 0 fully saturated rings. The molecule has 4 heteroatoms. The smallest absolute Gasteiger partial charge is 0.137 e. The van der Waals surface area contributed by atoms with E-state index in [4.69, 9.17) is 21.6 Å². The van der Waals surface area contributed by atoms with Gasteiger partial charge in [0.15, 0.2) is 0 Å². The van der Waals surface area contributed by atoms with Crippen LogP contribution in [0.15, 0.2) is 18.3 Å². The molecular weight excluding hydrogens is 248 g/mol. The van der Waals surface area contributed by atoms with E-state index in [1.165, 1.54) is 0 Å². The zero-order valence-electron chi connectivity index (χ0n) is 10.9. The fourth-order valence-corrected chi connectivity index (χ4v) is 1.65. The number of unbranched alkanes of at least 4 members (excludes halogenated alkanes) is 1. The highest BCUT2D eigenvalue weighted by atomic mass is 35.5. The van der Waals surface area contributed by atoms with Crippen molar-refractivity contribution in [3.05, 3.63) is 24.0 Å². The van der Waals surface area contributed by atoms with E-state index in [1.54, 1.807) is 6.20 Å². The van der Waals surface area contributed by atoms with Crippen LogP contribution in [0, 0.1) is 16.7 Å². The fourth-order valence-electron chi connectivity index (χ4n) is 1.49. The Balaban J connectivity index is 2.20. The third-order valence-electron chi connectivity index (χ3n) is 2.70. The van der Waals surface area contributed by atoms with Gasteiger partial charge in [0, 0.05) is 0 Å². The lowest BCUT2D eigenvalue weighted by molar-refractivity contribution is 0.294. The molecule has 18 heavy (non-hydrogen) atoms. The monoisotopic (exact) mass is 266 g/mol. The number of pyridine rings is 1. The molecule has 0 unspecified atom stereocenters. The number of halogens is 1. The van der Waals surface area contributed by atoms with Gasteiger partial charge in [-0.05, 0) is 45.2 Å². The lowest BCUT2D eigenvalue weighted by Gasteiger charge is -2.14. The van der Waals surface area contributed by atoms with E-state index >= 15 is 0 Å². The van der Waals surface area contributed by atoms with Crippen molar-refractivity contribution in [1.29, 1.82) is 5.26 Å². The van der Waals surface area contributed by atoms with Crippen molar-refractivity contribution in [3.8, 4) is 11.8 Å².